The molecule has 1 saturated carbocycles. The fourth-order valence-corrected chi connectivity index (χ4v) is 8.77. The summed E-state index contributed by atoms with van der Waals surface area (Å²) in [6, 6.07) is 11.7. The monoisotopic (exact) mass is 830 g/mol. The number of halogens is 7. The fraction of sp³-hybridized carbons (Fsp3) is 0.500. The van der Waals surface area contributed by atoms with E-state index in [0.717, 1.165) is 33.4 Å². The third kappa shape index (κ3) is 8.82. The fourth-order valence-electron chi connectivity index (χ4n) is 8.56. The number of aromatic nitrogens is 3. The van der Waals surface area contributed by atoms with E-state index in [1.165, 1.54) is 12.1 Å². The first-order chi connectivity index (χ1) is 26.1. The quantitative estimate of drug-likeness (QED) is 0.157. The van der Waals surface area contributed by atoms with Gasteiger partial charge in [-0.3, -0.25) is 4.98 Å². The van der Waals surface area contributed by atoms with Gasteiger partial charge in [0, 0.05) is 61.1 Å². The van der Waals surface area contributed by atoms with Crippen LogP contribution >= 0.6 is 15.9 Å². The van der Waals surface area contributed by atoms with Gasteiger partial charge in [0.2, 0.25) is 11.9 Å². The van der Waals surface area contributed by atoms with Crippen LogP contribution in [0, 0.1) is 5.41 Å². The number of alkyl halides is 6. The predicted molar refractivity (Wildman–Crippen MR) is 201 cm³/mol. The summed E-state index contributed by atoms with van der Waals surface area (Å²) in [5.74, 6) is -2.16. The lowest BCUT2D eigenvalue weighted by atomic mass is 9.68. The highest BCUT2D eigenvalue weighted by Crippen LogP contribution is 2.53. The minimum atomic E-state index is -4.59. The van der Waals surface area contributed by atoms with Gasteiger partial charge in [-0.1, -0.05) is 38.1 Å². The van der Waals surface area contributed by atoms with Gasteiger partial charge in [0.1, 0.15) is 5.75 Å². The Morgan fingerprint density at radius 3 is 2.13 bits per heavy atom. The van der Waals surface area contributed by atoms with Crippen LogP contribution in [0.25, 0.3) is 0 Å². The second-order valence-corrected chi connectivity index (χ2v) is 16.9. The Balaban J connectivity index is 1.36. The molecule has 2 atom stereocenters. The van der Waals surface area contributed by atoms with Crippen molar-refractivity contribution in [2.24, 2.45) is 5.41 Å². The summed E-state index contributed by atoms with van der Waals surface area (Å²) in [7, 11) is 1.59. The zero-order chi connectivity index (χ0) is 39.1. The SMILES string of the molecule is COc1ccc(CO[C@H]2CC(C)(C)Cc3nc(C4CCN(c5ncc(Br)cn5)CC4)c([C@@H](F)c4ccc(C(F)(F)F)cc4)c(C4CCC(F)(F)CC4)c32)cc1. The predicted octanol–water partition coefficient (Wildman–Crippen LogP) is 11.6. The first-order valence-corrected chi connectivity index (χ1v) is 19.6. The Hall–Kier alpha value is -3.71. The second-order valence-electron chi connectivity index (χ2n) is 16.0. The molecule has 0 unspecified atom stereocenters. The lowest BCUT2D eigenvalue weighted by Gasteiger charge is -2.42. The van der Waals surface area contributed by atoms with E-state index in [0.29, 0.717) is 67.3 Å². The standard InChI is InChI=1S/C42H45BrF6N4O2/c1-40(2)20-32-35(33(21-40)55-24-25-4-10-31(54-3)11-5-25)34(26-12-16-41(45,46)17-13-26)36(37(44)27-6-8-29(9-7-27)42(47,48)49)38(52-32)28-14-18-53(19-15-28)39-50-22-30(43)23-51-39/h4-11,22-23,26,28,33,37H,12-21,24H2,1-3H3/t33-,37-/m0/s1. The Bertz CT molecular complexity index is 1940. The van der Waals surface area contributed by atoms with Gasteiger partial charge in [-0.25, -0.2) is 23.1 Å². The highest BCUT2D eigenvalue weighted by atomic mass is 79.9. The number of piperidine rings is 1. The van der Waals surface area contributed by atoms with Crippen molar-refractivity contribution in [3.63, 3.8) is 0 Å². The molecular formula is C42H45BrF6N4O2. The molecule has 294 valence electrons. The largest absolute Gasteiger partial charge is 0.497 e. The third-order valence-electron chi connectivity index (χ3n) is 11.4. The van der Waals surface area contributed by atoms with Gasteiger partial charge < -0.3 is 14.4 Å². The molecule has 3 aliphatic rings. The number of fused-ring (bicyclic) bond motifs is 1. The summed E-state index contributed by atoms with van der Waals surface area (Å²) in [5, 5.41) is 0. The van der Waals surface area contributed by atoms with Gasteiger partial charge in [-0.15, -0.1) is 0 Å². The number of hydrogen-bond acceptors (Lipinski definition) is 6. The lowest BCUT2D eigenvalue weighted by Crippen LogP contribution is -2.36. The highest BCUT2D eigenvalue weighted by molar-refractivity contribution is 9.10. The van der Waals surface area contributed by atoms with E-state index in [1.807, 2.05) is 24.3 Å². The van der Waals surface area contributed by atoms with E-state index in [2.05, 4.69) is 44.6 Å². The molecule has 0 N–H and O–H groups in total. The molecule has 1 saturated heterocycles. The molecule has 1 aliphatic heterocycles. The Kier molecular flexibility index (Phi) is 11.3. The summed E-state index contributed by atoms with van der Waals surface area (Å²) in [6.45, 7) is 5.69. The van der Waals surface area contributed by atoms with E-state index in [9.17, 15) is 22.0 Å². The zero-order valence-electron chi connectivity index (χ0n) is 31.1. The number of hydrogen-bond donors (Lipinski definition) is 0. The third-order valence-corrected chi connectivity index (χ3v) is 11.8. The molecule has 2 aliphatic carbocycles. The van der Waals surface area contributed by atoms with Crippen LogP contribution in [0.5, 0.6) is 5.75 Å². The van der Waals surface area contributed by atoms with Crippen molar-refractivity contribution >= 4 is 21.9 Å². The van der Waals surface area contributed by atoms with E-state index in [4.69, 9.17) is 14.5 Å². The molecular weight excluding hydrogens is 786 g/mol. The molecule has 2 aromatic carbocycles. The van der Waals surface area contributed by atoms with Crippen LogP contribution in [0.15, 0.2) is 65.4 Å². The van der Waals surface area contributed by atoms with Crippen LogP contribution in [-0.2, 0) is 23.9 Å². The molecule has 7 rings (SSSR count). The van der Waals surface area contributed by atoms with Crippen molar-refractivity contribution in [3.8, 4) is 5.75 Å². The maximum atomic E-state index is 17.7. The van der Waals surface area contributed by atoms with Crippen LogP contribution in [0.2, 0.25) is 0 Å². The van der Waals surface area contributed by atoms with Crippen LogP contribution in [0.4, 0.5) is 32.3 Å². The molecule has 2 aromatic heterocycles. The maximum absolute atomic E-state index is 17.7. The van der Waals surface area contributed by atoms with Crippen molar-refractivity contribution in [1.82, 2.24) is 15.0 Å². The van der Waals surface area contributed by atoms with Crippen molar-refractivity contribution in [2.75, 3.05) is 25.1 Å². The number of pyridine rings is 1. The number of ether oxygens (including phenoxy) is 2. The van der Waals surface area contributed by atoms with Crippen LogP contribution < -0.4 is 9.64 Å². The van der Waals surface area contributed by atoms with Crippen LogP contribution in [-0.4, -0.2) is 41.1 Å². The molecule has 2 fully saturated rings. The molecule has 0 amide bonds. The van der Waals surface area contributed by atoms with E-state index >= 15 is 4.39 Å². The first-order valence-electron chi connectivity index (χ1n) is 18.8. The number of anilines is 1. The summed E-state index contributed by atoms with van der Waals surface area (Å²) in [6.07, 6.45) is -1.61. The van der Waals surface area contributed by atoms with Gasteiger partial charge in [0.15, 0.2) is 6.17 Å². The number of rotatable bonds is 9. The Morgan fingerprint density at radius 2 is 1.53 bits per heavy atom. The van der Waals surface area contributed by atoms with Crippen LogP contribution in [0.1, 0.15) is 128 Å². The van der Waals surface area contributed by atoms with E-state index in [-0.39, 0.29) is 49.2 Å². The molecule has 6 nitrogen and oxygen atoms in total. The lowest BCUT2D eigenvalue weighted by molar-refractivity contribution is -0.137. The molecule has 3 heterocycles. The molecule has 13 heteroatoms. The van der Waals surface area contributed by atoms with Crippen molar-refractivity contribution in [3.05, 3.63) is 110 Å². The van der Waals surface area contributed by atoms with Crippen LogP contribution in [0.3, 0.4) is 0 Å². The van der Waals surface area contributed by atoms with E-state index < -0.39 is 35.9 Å². The number of benzene rings is 2. The molecule has 55 heavy (non-hydrogen) atoms. The summed E-state index contributed by atoms with van der Waals surface area (Å²) >= 11 is 3.38. The number of methoxy groups -OCH3 is 1. The Morgan fingerprint density at radius 1 is 0.891 bits per heavy atom. The Labute approximate surface area is 326 Å². The van der Waals surface area contributed by atoms with Gasteiger partial charge in [-0.05, 0) is 107 Å². The first kappa shape index (κ1) is 39.5. The normalized spacial score (nSPS) is 20.9. The highest BCUT2D eigenvalue weighted by Gasteiger charge is 2.44. The van der Waals surface area contributed by atoms with Crippen molar-refractivity contribution < 1.29 is 35.8 Å². The zero-order valence-corrected chi connectivity index (χ0v) is 32.7. The summed E-state index contributed by atoms with van der Waals surface area (Å²) in [4.78, 5) is 16.3. The topological polar surface area (TPSA) is 60.4 Å². The van der Waals surface area contributed by atoms with Crippen molar-refractivity contribution in [1.29, 1.82) is 0 Å². The van der Waals surface area contributed by atoms with Gasteiger partial charge in [-0.2, -0.15) is 13.2 Å². The molecule has 0 bridgehead atoms. The summed E-state index contributed by atoms with van der Waals surface area (Å²) < 4.78 is 101. The smallest absolute Gasteiger partial charge is 0.416 e. The van der Waals surface area contributed by atoms with Gasteiger partial charge >= 0.3 is 6.18 Å². The van der Waals surface area contributed by atoms with E-state index in [1.54, 1.807) is 19.5 Å². The average Bonchev–Trinajstić information content (AvgIpc) is 3.16. The second kappa shape index (κ2) is 15.7. The maximum Gasteiger partial charge on any atom is 0.416 e. The molecule has 4 aromatic rings. The minimum absolute atomic E-state index is 0.0610. The molecule has 0 radical (unpaired) electrons. The minimum Gasteiger partial charge on any atom is -0.497 e. The number of nitrogens with zero attached hydrogens (tertiary/aromatic N) is 4. The average molecular weight is 832 g/mol. The van der Waals surface area contributed by atoms with Gasteiger partial charge in [0.05, 0.1) is 35.6 Å². The summed E-state index contributed by atoms with van der Waals surface area (Å²) in [5.41, 5.74) is 2.87. The van der Waals surface area contributed by atoms with Gasteiger partial charge in [0.25, 0.3) is 0 Å². The van der Waals surface area contributed by atoms with Crippen molar-refractivity contribution in [2.45, 2.75) is 108 Å². The molecule has 0 spiro atoms.